The first-order chi connectivity index (χ1) is 15.4. The number of hydrogen-bond donors (Lipinski definition) is 6. The van der Waals surface area contributed by atoms with Crippen LogP contribution in [0.15, 0.2) is 36.7 Å². The van der Waals surface area contributed by atoms with Gasteiger partial charge in [0, 0.05) is 23.7 Å². The molecule has 2 aromatic heterocycles. The molecule has 170 valence electrons. The third-order valence-corrected chi connectivity index (χ3v) is 5.77. The van der Waals surface area contributed by atoms with Crippen molar-refractivity contribution in [3.8, 4) is 0 Å². The van der Waals surface area contributed by atoms with E-state index in [1.54, 1.807) is 12.1 Å². The molecule has 3 aromatic rings. The number of aliphatic hydroxyl groups is 2. The van der Waals surface area contributed by atoms with Gasteiger partial charge < -0.3 is 20.8 Å². The minimum absolute atomic E-state index is 0.172. The summed E-state index contributed by atoms with van der Waals surface area (Å²) in [5.41, 5.74) is 0.490. The SMILES string of the molecule is CC(NC(CO)(CO)Nc1ncnc(Nc2cc(C3CC3)[nH]n2)c1Cl)c1ccc(F)cc1. The van der Waals surface area contributed by atoms with E-state index in [0.717, 1.165) is 24.1 Å². The van der Waals surface area contributed by atoms with E-state index in [-0.39, 0.29) is 22.7 Å². The second kappa shape index (κ2) is 9.37. The molecule has 1 atom stereocenters. The summed E-state index contributed by atoms with van der Waals surface area (Å²) in [6.07, 6.45) is 3.61. The molecule has 0 spiro atoms. The number of hydrogen-bond acceptors (Lipinski definition) is 8. The molecule has 1 aromatic carbocycles. The Bertz CT molecular complexity index is 1050. The van der Waals surface area contributed by atoms with Gasteiger partial charge in [0.05, 0.1) is 13.2 Å². The second-order valence-electron chi connectivity index (χ2n) is 7.93. The summed E-state index contributed by atoms with van der Waals surface area (Å²) >= 11 is 6.51. The maximum Gasteiger partial charge on any atom is 0.156 e. The van der Waals surface area contributed by atoms with Gasteiger partial charge in [0.15, 0.2) is 17.5 Å². The molecule has 6 N–H and O–H groups in total. The first-order valence-corrected chi connectivity index (χ1v) is 10.7. The highest BCUT2D eigenvalue weighted by atomic mass is 35.5. The number of anilines is 3. The van der Waals surface area contributed by atoms with E-state index in [9.17, 15) is 14.6 Å². The molecule has 1 aliphatic carbocycles. The molecule has 0 radical (unpaired) electrons. The highest BCUT2D eigenvalue weighted by Crippen LogP contribution is 2.40. The van der Waals surface area contributed by atoms with Crippen molar-refractivity contribution in [2.75, 3.05) is 23.8 Å². The van der Waals surface area contributed by atoms with Crippen LogP contribution < -0.4 is 16.0 Å². The second-order valence-corrected chi connectivity index (χ2v) is 8.31. The van der Waals surface area contributed by atoms with Crippen molar-refractivity contribution in [3.05, 3.63) is 58.8 Å². The predicted molar refractivity (Wildman–Crippen MR) is 119 cm³/mol. The Morgan fingerprint density at radius 1 is 1.19 bits per heavy atom. The van der Waals surface area contributed by atoms with Crippen LogP contribution in [0.5, 0.6) is 0 Å². The van der Waals surface area contributed by atoms with Crippen LogP contribution in [-0.2, 0) is 0 Å². The quantitative estimate of drug-likeness (QED) is 0.254. The Labute approximate surface area is 189 Å². The highest BCUT2D eigenvalue weighted by Gasteiger charge is 2.32. The molecule has 9 nitrogen and oxygen atoms in total. The van der Waals surface area contributed by atoms with Crippen LogP contribution in [0.4, 0.5) is 21.8 Å². The number of H-pyrrole nitrogens is 1. The lowest BCUT2D eigenvalue weighted by Crippen LogP contribution is -2.58. The zero-order chi connectivity index (χ0) is 22.7. The smallest absolute Gasteiger partial charge is 0.156 e. The topological polar surface area (TPSA) is 131 Å². The van der Waals surface area contributed by atoms with Crippen molar-refractivity contribution in [2.24, 2.45) is 0 Å². The first-order valence-electron chi connectivity index (χ1n) is 10.3. The normalized spacial score (nSPS) is 14.9. The minimum atomic E-state index is -1.35. The van der Waals surface area contributed by atoms with Crippen molar-refractivity contribution in [1.29, 1.82) is 0 Å². The molecule has 0 amide bonds. The molecule has 11 heteroatoms. The van der Waals surface area contributed by atoms with Gasteiger partial charge in [0.2, 0.25) is 0 Å². The molecule has 1 aliphatic rings. The Morgan fingerprint density at radius 3 is 2.53 bits per heavy atom. The number of halogens is 2. The monoisotopic (exact) mass is 461 g/mol. The van der Waals surface area contributed by atoms with Crippen molar-refractivity contribution in [3.63, 3.8) is 0 Å². The minimum Gasteiger partial charge on any atom is -0.392 e. The average Bonchev–Trinajstić information content (AvgIpc) is 3.55. The van der Waals surface area contributed by atoms with Crippen LogP contribution in [0.2, 0.25) is 5.02 Å². The number of nitrogens with one attached hydrogen (secondary N) is 4. The van der Waals surface area contributed by atoms with Gasteiger partial charge in [0.1, 0.15) is 22.8 Å². The van der Waals surface area contributed by atoms with E-state index in [1.807, 2.05) is 13.0 Å². The van der Waals surface area contributed by atoms with Gasteiger partial charge in [0.25, 0.3) is 0 Å². The molecule has 1 fully saturated rings. The molecule has 0 bridgehead atoms. The maximum absolute atomic E-state index is 13.2. The van der Waals surface area contributed by atoms with E-state index in [0.29, 0.717) is 17.6 Å². The van der Waals surface area contributed by atoms with E-state index in [1.165, 1.54) is 18.5 Å². The Kier molecular flexibility index (Phi) is 6.56. The van der Waals surface area contributed by atoms with Gasteiger partial charge in [-0.15, -0.1) is 0 Å². The molecule has 0 aliphatic heterocycles. The third-order valence-electron chi connectivity index (χ3n) is 5.41. The summed E-state index contributed by atoms with van der Waals surface area (Å²) in [5.74, 6) is 1.30. The molecular weight excluding hydrogens is 437 g/mol. The van der Waals surface area contributed by atoms with Gasteiger partial charge in [-0.2, -0.15) is 5.10 Å². The van der Waals surface area contributed by atoms with Crippen LogP contribution in [0.25, 0.3) is 0 Å². The van der Waals surface area contributed by atoms with E-state index < -0.39 is 18.9 Å². The van der Waals surface area contributed by atoms with Gasteiger partial charge in [-0.25, -0.2) is 14.4 Å². The summed E-state index contributed by atoms with van der Waals surface area (Å²) in [6.45, 7) is 0.892. The van der Waals surface area contributed by atoms with Crippen LogP contribution in [0, 0.1) is 5.82 Å². The number of benzene rings is 1. The van der Waals surface area contributed by atoms with Crippen molar-refractivity contribution in [2.45, 2.75) is 37.4 Å². The Morgan fingerprint density at radius 2 is 1.88 bits per heavy atom. The largest absolute Gasteiger partial charge is 0.392 e. The third kappa shape index (κ3) is 4.99. The van der Waals surface area contributed by atoms with Gasteiger partial charge >= 0.3 is 0 Å². The molecule has 2 heterocycles. The number of aromatic nitrogens is 4. The van der Waals surface area contributed by atoms with Gasteiger partial charge in [-0.05, 0) is 37.5 Å². The summed E-state index contributed by atoms with van der Waals surface area (Å²) in [7, 11) is 0. The fraction of sp³-hybridized carbons (Fsp3) is 0.381. The van der Waals surface area contributed by atoms with Gasteiger partial charge in [-0.1, -0.05) is 23.7 Å². The fourth-order valence-electron chi connectivity index (χ4n) is 3.40. The van der Waals surface area contributed by atoms with Crippen molar-refractivity contribution >= 4 is 29.1 Å². The number of aromatic amines is 1. The van der Waals surface area contributed by atoms with Gasteiger partial charge in [-0.3, -0.25) is 10.4 Å². The van der Waals surface area contributed by atoms with Crippen LogP contribution in [0.1, 0.15) is 43.0 Å². The highest BCUT2D eigenvalue weighted by molar-refractivity contribution is 6.35. The molecule has 0 saturated heterocycles. The first kappa shape index (κ1) is 22.4. The maximum atomic E-state index is 13.2. The zero-order valence-electron chi connectivity index (χ0n) is 17.4. The lowest BCUT2D eigenvalue weighted by atomic mass is 10.0. The van der Waals surface area contributed by atoms with E-state index in [4.69, 9.17) is 11.6 Å². The Hall–Kier alpha value is -2.79. The lowest BCUT2D eigenvalue weighted by molar-refractivity contribution is 0.102. The Balaban J connectivity index is 1.51. The molecule has 32 heavy (non-hydrogen) atoms. The standard InChI is InChI=1S/C21H25ClFN7O2/c1-12(13-4-6-15(23)7-5-13)27-21(9-31,10-32)28-20-18(22)19(24-11-25-20)26-17-8-16(29-30-17)14-2-3-14/h4-8,11-12,14,27,31-32H,2-3,9-10H2,1H3,(H3,24,25,26,28,29,30). The van der Waals surface area contributed by atoms with Crippen LogP contribution in [-0.4, -0.2) is 49.3 Å². The summed E-state index contributed by atoms with van der Waals surface area (Å²) in [6, 6.07) is 7.55. The summed E-state index contributed by atoms with van der Waals surface area (Å²) in [5, 5.41) is 36.8. The number of aliphatic hydroxyl groups excluding tert-OH is 2. The molecule has 4 rings (SSSR count). The lowest BCUT2D eigenvalue weighted by Gasteiger charge is -2.36. The fourth-order valence-corrected chi connectivity index (χ4v) is 3.59. The number of rotatable bonds is 10. The van der Waals surface area contributed by atoms with Crippen LogP contribution in [0.3, 0.4) is 0 Å². The molecule has 1 saturated carbocycles. The van der Waals surface area contributed by atoms with Crippen LogP contribution >= 0.6 is 11.6 Å². The number of nitrogens with zero attached hydrogens (tertiary/aromatic N) is 3. The average molecular weight is 462 g/mol. The summed E-state index contributed by atoms with van der Waals surface area (Å²) < 4.78 is 13.2. The van der Waals surface area contributed by atoms with Crippen molar-refractivity contribution < 1.29 is 14.6 Å². The van der Waals surface area contributed by atoms with E-state index >= 15 is 0 Å². The van der Waals surface area contributed by atoms with Crippen molar-refractivity contribution in [1.82, 2.24) is 25.5 Å². The molecule has 1 unspecified atom stereocenters. The zero-order valence-corrected chi connectivity index (χ0v) is 18.2. The molecular formula is C21H25ClFN7O2. The predicted octanol–water partition coefficient (Wildman–Crippen LogP) is 3.06. The summed E-state index contributed by atoms with van der Waals surface area (Å²) in [4.78, 5) is 8.34. The van der Waals surface area contributed by atoms with E-state index in [2.05, 4.69) is 36.1 Å².